The molecule has 0 aliphatic carbocycles. The van der Waals surface area contributed by atoms with Crippen LogP contribution >= 0.6 is 0 Å². The number of benzene rings is 1. The Hall–Kier alpha value is -0.310. The molecule has 0 fully saturated rings. The van der Waals surface area contributed by atoms with E-state index in [0.717, 1.165) is 0 Å². The Morgan fingerprint density at radius 3 is 2.27 bits per heavy atom. The molecule has 0 aromatic heterocycles. The maximum absolute atomic E-state index is 10.4. The monoisotopic (exact) mass is 160 g/mol. The topological polar surface area (TPSA) is 26.3 Å². The molecule has 1 aromatic carbocycles. The molecule has 0 heterocycles. The number of carbonyl (C=O) groups is 1. The number of rotatable bonds is 1. The van der Waals surface area contributed by atoms with Gasteiger partial charge in [-0.1, -0.05) is 18.2 Å². The number of esters is 1. The van der Waals surface area contributed by atoms with Gasteiger partial charge in [0.15, 0.2) is 0 Å². The minimum atomic E-state index is -0.286. The number of para-hydroxylation sites is 1. The molecule has 0 bridgehead atoms. The van der Waals surface area contributed by atoms with Crippen molar-refractivity contribution in [1.29, 1.82) is 0 Å². The molecular weight excluding hydrogens is 151 g/mol. The summed E-state index contributed by atoms with van der Waals surface area (Å²) in [6, 6.07) is 8.98. The summed E-state index contributed by atoms with van der Waals surface area (Å²) >= 11 is 0. The van der Waals surface area contributed by atoms with Gasteiger partial charge in [0, 0.05) is 6.92 Å². The molecule has 0 amide bonds. The van der Waals surface area contributed by atoms with Crippen LogP contribution in [0.1, 0.15) is 6.92 Å². The first-order valence-corrected chi connectivity index (χ1v) is 3.02. The van der Waals surface area contributed by atoms with Crippen LogP contribution in [0.2, 0.25) is 0 Å². The van der Waals surface area contributed by atoms with Crippen molar-refractivity contribution in [3.05, 3.63) is 30.3 Å². The zero-order valence-electron chi connectivity index (χ0n) is 5.70. The minimum absolute atomic E-state index is 0. The van der Waals surface area contributed by atoms with Gasteiger partial charge in [-0.15, -0.1) is 0 Å². The van der Waals surface area contributed by atoms with E-state index >= 15 is 0 Å². The van der Waals surface area contributed by atoms with Gasteiger partial charge in [-0.2, -0.15) is 0 Å². The SMILES string of the molecule is CC(=O)Oc1ccccc1.[NaH]. The standard InChI is InChI=1S/C8H8O2.Na.H/c1-7(9)10-8-5-3-2-4-6-8;;/h2-6H,1H3;;. The quantitative estimate of drug-likeness (QED) is 0.347. The van der Waals surface area contributed by atoms with E-state index in [1.165, 1.54) is 6.92 Å². The molecular formula is C8H9NaO2. The fraction of sp³-hybridized carbons (Fsp3) is 0.125. The van der Waals surface area contributed by atoms with E-state index in [1.807, 2.05) is 18.2 Å². The first-order valence-electron chi connectivity index (χ1n) is 3.02. The molecule has 0 N–H and O–H groups in total. The predicted molar refractivity (Wildman–Crippen MR) is 44.9 cm³/mol. The van der Waals surface area contributed by atoms with Crippen LogP contribution < -0.4 is 4.74 Å². The first kappa shape index (κ1) is 10.7. The molecule has 0 saturated heterocycles. The van der Waals surface area contributed by atoms with Gasteiger partial charge in [-0.25, -0.2) is 0 Å². The van der Waals surface area contributed by atoms with Gasteiger partial charge in [0.2, 0.25) is 0 Å². The number of hydrogen-bond donors (Lipinski definition) is 0. The molecule has 54 valence electrons. The molecule has 0 atom stereocenters. The van der Waals surface area contributed by atoms with Gasteiger partial charge in [0.25, 0.3) is 0 Å². The van der Waals surface area contributed by atoms with Crippen LogP contribution in [0, 0.1) is 0 Å². The van der Waals surface area contributed by atoms with E-state index in [4.69, 9.17) is 4.74 Å². The normalized spacial score (nSPS) is 8.09. The van der Waals surface area contributed by atoms with Crippen LogP contribution in [0.3, 0.4) is 0 Å². The third-order valence-corrected chi connectivity index (χ3v) is 1.00. The van der Waals surface area contributed by atoms with Gasteiger partial charge in [-0.3, -0.25) is 4.79 Å². The Morgan fingerprint density at radius 1 is 1.27 bits per heavy atom. The van der Waals surface area contributed by atoms with E-state index < -0.39 is 0 Å². The van der Waals surface area contributed by atoms with Crippen molar-refractivity contribution < 1.29 is 9.53 Å². The summed E-state index contributed by atoms with van der Waals surface area (Å²) < 4.78 is 4.78. The fourth-order valence-corrected chi connectivity index (χ4v) is 0.655. The van der Waals surface area contributed by atoms with Crippen molar-refractivity contribution >= 4 is 35.5 Å². The Bertz CT molecular complexity index is 221. The van der Waals surface area contributed by atoms with Crippen LogP contribution in [0.4, 0.5) is 0 Å². The Balaban J connectivity index is 0.000001000. The maximum atomic E-state index is 10.4. The van der Waals surface area contributed by atoms with Crippen molar-refractivity contribution in [3.63, 3.8) is 0 Å². The molecule has 1 aromatic rings. The van der Waals surface area contributed by atoms with Crippen LogP contribution in [0.5, 0.6) is 5.75 Å². The number of hydrogen-bond acceptors (Lipinski definition) is 2. The van der Waals surface area contributed by atoms with E-state index in [2.05, 4.69) is 0 Å². The van der Waals surface area contributed by atoms with E-state index in [1.54, 1.807) is 12.1 Å². The molecule has 0 aliphatic heterocycles. The second-order valence-electron chi connectivity index (χ2n) is 1.91. The Kier molecular flexibility index (Phi) is 5.20. The molecule has 2 nitrogen and oxygen atoms in total. The summed E-state index contributed by atoms with van der Waals surface area (Å²) in [5, 5.41) is 0. The fourth-order valence-electron chi connectivity index (χ4n) is 0.655. The van der Waals surface area contributed by atoms with Gasteiger partial charge in [0.05, 0.1) is 0 Å². The molecule has 1 rings (SSSR count). The second-order valence-corrected chi connectivity index (χ2v) is 1.91. The van der Waals surface area contributed by atoms with Gasteiger partial charge in [0.1, 0.15) is 5.75 Å². The summed E-state index contributed by atoms with van der Waals surface area (Å²) in [6.07, 6.45) is 0. The van der Waals surface area contributed by atoms with E-state index in [-0.39, 0.29) is 35.5 Å². The van der Waals surface area contributed by atoms with Crippen LogP contribution in [-0.4, -0.2) is 35.5 Å². The van der Waals surface area contributed by atoms with E-state index in [9.17, 15) is 4.79 Å². The summed E-state index contributed by atoms with van der Waals surface area (Å²) in [7, 11) is 0. The van der Waals surface area contributed by atoms with E-state index in [0.29, 0.717) is 5.75 Å². The average molecular weight is 160 g/mol. The van der Waals surface area contributed by atoms with Crippen molar-refractivity contribution in [2.45, 2.75) is 6.92 Å². The van der Waals surface area contributed by atoms with Crippen LogP contribution in [0.25, 0.3) is 0 Å². The summed E-state index contributed by atoms with van der Waals surface area (Å²) in [5.74, 6) is 0.307. The Labute approximate surface area is 87.8 Å². The molecule has 0 aliphatic rings. The summed E-state index contributed by atoms with van der Waals surface area (Å²) in [5.41, 5.74) is 0. The zero-order chi connectivity index (χ0) is 7.40. The Morgan fingerprint density at radius 2 is 1.82 bits per heavy atom. The first-order chi connectivity index (χ1) is 4.79. The van der Waals surface area contributed by atoms with Crippen LogP contribution in [0.15, 0.2) is 30.3 Å². The van der Waals surface area contributed by atoms with Crippen LogP contribution in [-0.2, 0) is 4.79 Å². The molecule has 0 spiro atoms. The predicted octanol–water partition coefficient (Wildman–Crippen LogP) is 0.963. The van der Waals surface area contributed by atoms with Crippen molar-refractivity contribution in [2.24, 2.45) is 0 Å². The number of ether oxygens (including phenoxy) is 1. The van der Waals surface area contributed by atoms with Crippen molar-refractivity contribution in [2.75, 3.05) is 0 Å². The molecule has 0 unspecified atom stereocenters. The molecule has 3 heteroatoms. The summed E-state index contributed by atoms with van der Waals surface area (Å²) in [4.78, 5) is 10.4. The third kappa shape index (κ3) is 4.19. The second kappa shape index (κ2) is 5.35. The molecule has 0 radical (unpaired) electrons. The van der Waals surface area contributed by atoms with Gasteiger partial charge >= 0.3 is 35.5 Å². The summed E-state index contributed by atoms with van der Waals surface area (Å²) in [6.45, 7) is 1.38. The van der Waals surface area contributed by atoms with Gasteiger partial charge in [-0.05, 0) is 12.1 Å². The molecule has 11 heavy (non-hydrogen) atoms. The van der Waals surface area contributed by atoms with Gasteiger partial charge < -0.3 is 4.74 Å². The average Bonchev–Trinajstić information content (AvgIpc) is 1.88. The van der Waals surface area contributed by atoms with Crippen molar-refractivity contribution in [3.8, 4) is 5.75 Å². The third-order valence-electron chi connectivity index (χ3n) is 1.00. The zero-order valence-corrected chi connectivity index (χ0v) is 5.70. The molecule has 0 saturated carbocycles. The number of carbonyl (C=O) groups excluding carboxylic acids is 1. The van der Waals surface area contributed by atoms with Crippen molar-refractivity contribution in [1.82, 2.24) is 0 Å².